The highest BCUT2D eigenvalue weighted by Gasteiger charge is 2.19. The summed E-state index contributed by atoms with van der Waals surface area (Å²) in [4.78, 5) is 2.56. The predicted octanol–water partition coefficient (Wildman–Crippen LogP) is 3.45. The summed E-state index contributed by atoms with van der Waals surface area (Å²) < 4.78 is 0. The van der Waals surface area contributed by atoms with Gasteiger partial charge >= 0.3 is 0 Å². The Morgan fingerprint density at radius 1 is 0.810 bits per heavy atom. The summed E-state index contributed by atoms with van der Waals surface area (Å²) in [6.45, 7) is 4.62. The molecule has 1 fully saturated rings. The second kappa shape index (κ2) is 5.53. The van der Waals surface area contributed by atoms with Gasteiger partial charge in [0.05, 0.1) is 0 Å². The number of anilines is 1. The summed E-state index contributed by atoms with van der Waals surface area (Å²) in [5.74, 6) is 0. The van der Waals surface area contributed by atoms with Crippen LogP contribution >= 0.6 is 0 Å². The molecular formula is C19H22N2. The summed E-state index contributed by atoms with van der Waals surface area (Å²) in [6.07, 6.45) is 3.56. The number of nitrogens with zero attached hydrogens (tertiary/aromatic N) is 1. The van der Waals surface area contributed by atoms with Crippen LogP contribution in [-0.4, -0.2) is 26.2 Å². The molecule has 2 aromatic rings. The van der Waals surface area contributed by atoms with E-state index in [4.69, 9.17) is 0 Å². The van der Waals surface area contributed by atoms with Crippen molar-refractivity contribution in [3.63, 3.8) is 0 Å². The molecule has 0 radical (unpaired) electrons. The predicted molar refractivity (Wildman–Crippen MR) is 89.0 cm³/mol. The molecule has 0 saturated carbocycles. The quantitative estimate of drug-likeness (QED) is 0.733. The number of hydrogen-bond acceptors (Lipinski definition) is 2. The molecule has 0 unspecified atom stereocenters. The van der Waals surface area contributed by atoms with E-state index in [-0.39, 0.29) is 0 Å². The third-order valence-corrected chi connectivity index (χ3v) is 4.71. The second-order valence-corrected chi connectivity index (χ2v) is 6.12. The summed E-state index contributed by atoms with van der Waals surface area (Å²) in [7, 11) is 0. The molecule has 4 rings (SSSR count). The molecule has 0 amide bonds. The second-order valence-electron chi connectivity index (χ2n) is 6.12. The zero-order valence-corrected chi connectivity index (χ0v) is 12.4. The standard InChI is InChI=1S/C19H22N2/c1-2-6-18-15(5-1)13-16-14-17(7-8-19(16)18)21-11-3-9-20-10-4-12-21/h1-2,5-8,14,20H,3-4,9-13H2. The lowest BCUT2D eigenvalue weighted by atomic mass is 10.0. The van der Waals surface area contributed by atoms with Gasteiger partial charge in [-0.3, -0.25) is 0 Å². The summed E-state index contributed by atoms with van der Waals surface area (Å²) >= 11 is 0. The molecule has 1 saturated heterocycles. The molecule has 1 N–H and O–H groups in total. The molecule has 2 nitrogen and oxygen atoms in total. The Morgan fingerprint density at radius 2 is 1.57 bits per heavy atom. The number of rotatable bonds is 1. The number of benzene rings is 2. The van der Waals surface area contributed by atoms with E-state index < -0.39 is 0 Å². The van der Waals surface area contributed by atoms with E-state index in [0.29, 0.717) is 0 Å². The first-order valence-electron chi connectivity index (χ1n) is 8.09. The maximum absolute atomic E-state index is 3.49. The molecule has 0 bridgehead atoms. The zero-order valence-electron chi connectivity index (χ0n) is 12.4. The molecule has 1 aliphatic heterocycles. The van der Waals surface area contributed by atoms with Crippen LogP contribution in [0, 0.1) is 0 Å². The first-order valence-corrected chi connectivity index (χ1v) is 8.09. The van der Waals surface area contributed by atoms with Gasteiger partial charge < -0.3 is 10.2 Å². The van der Waals surface area contributed by atoms with Crippen molar-refractivity contribution in [1.82, 2.24) is 5.32 Å². The van der Waals surface area contributed by atoms with Gasteiger partial charge in [-0.05, 0) is 66.7 Å². The molecule has 108 valence electrons. The molecular weight excluding hydrogens is 256 g/mol. The molecule has 0 aromatic heterocycles. The van der Waals surface area contributed by atoms with E-state index in [1.54, 1.807) is 0 Å². The van der Waals surface area contributed by atoms with Crippen molar-refractivity contribution in [2.24, 2.45) is 0 Å². The van der Waals surface area contributed by atoms with Crippen molar-refractivity contribution >= 4 is 5.69 Å². The fraction of sp³-hybridized carbons (Fsp3) is 0.368. The fourth-order valence-electron chi connectivity index (χ4n) is 3.61. The Kier molecular flexibility index (Phi) is 3.40. The number of hydrogen-bond donors (Lipinski definition) is 1. The van der Waals surface area contributed by atoms with Crippen LogP contribution in [0.15, 0.2) is 42.5 Å². The Bertz CT molecular complexity index is 640. The minimum atomic E-state index is 1.09. The van der Waals surface area contributed by atoms with Crippen molar-refractivity contribution in [3.05, 3.63) is 53.6 Å². The monoisotopic (exact) mass is 278 g/mol. The van der Waals surface area contributed by atoms with Gasteiger partial charge in [-0.1, -0.05) is 30.3 Å². The van der Waals surface area contributed by atoms with Crippen LogP contribution in [-0.2, 0) is 6.42 Å². The summed E-state index contributed by atoms with van der Waals surface area (Å²) in [6, 6.07) is 15.9. The third-order valence-electron chi connectivity index (χ3n) is 4.71. The van der Waals surface area contributed by atoms with Crippen LogP contribution in [0.25, 0.3) is 11.1 Å². The smallest absolute Gasteiger partial charge is 0.0369 e. The molecule has 0 spiro atoms. The van der Waals surface area contributed by atoms with E-state index in [1.165, 1.54) is 53.9 Å². The van der Waals surface area contributed by atoms with Crippen LogP contribution in [0.2, 0.25) is 0 Å². The Hall–Kier alpha value is -1.80. The van der Waals surface area contributed by atoms with Gasteiger partial charge in [0.1, 0.15) is 0 Å². The lowest BCUT2D eigenvalue weighted by Gasteiger charge is -2.27. The van der Waals surface area contributed by atoms with Gasteiger partial charge in [0, 0.05) is 18.8 Å². The fourth-order valence-corrected chi connectivity index (χ4v) is 3.61. The zero-order chi connectivity index (χ0) is 14.1. The highest BCUT2D eigenvalue weighted by molar-refractivity contribution is 5.78. The number of fused-ring (bicyclic) bond motifs is 3. The first-order chi connectivity index (χ1) is 10.4. The largest absolute Gasteiger partial charge is 0.371 e. The summed E-state index contributed by atoms with van der Waals surface area (Å²) in [5.41, 5.74) is 7.23. The van der Waals surface area contributed by atoms with Crippen molar-refractivity contribution < 1.29 is 0 Å². The van der Waals surface area contributed by atoms with Crippen molar-refractivity contribution in [1.29, 1.82) is 0 Å². The van der Waals surface area contributed by atoms with E-state index in [0.717, 1.165) is 19.5 Å². The van der Waals surface area contributed by atoms with Crippen LogP contribution in [0.1, 0.15) is 24.0 Å². The van der Waals surface area contributed by atoms with Gasteiger partial charge in [-0.2, -0.15) is 0 Å². The average Bonchev–Trinajstić information content (AvgIpc) is 2.84. The maximum atomic E-state index is 3.49. The normalized spacial score (nSPS) is 17.8. The lowest BCUT2D eigenvalue weighted by Crippen LogP contribution is -2.33. The Labute approximate surface area is 126 Å². The van der Waals surface area contributed by atoms with Crippen molar-refractivity contribution in [3.8, 4) is 11.1 Å². The minimum absolute atomic E-state index is 1.09. The van der Waals surface area contributed by atoms with Crippen molar-refractivity contribution in [2.75, 3.05) is 31.1 Å². The topological polar surface area (TPSA) is 15.3 Å². The van der Waals surface area contributed by atoms with Crippen LogP contribution < -0.4 is 10.2 Å². The molecule has 0 atom stereocenters. The van der Waals surface area contributed by atoms with E-state index in [2.05, 4.69) is 52.7 Å². The third kappa shape index (κ3) is 2.44. The van der Waals surface area contributed by atoms with Gasteiger partial charge in [0.15, 0.2) is 0 Å². The first kappa shape index (κ1) is 12.9. The van der Waals surface area contributed by atoms with Crippen LogP contribution in [0.4, 0.5) is 5.69 Å². The Balaban J connectivity index is 1.63. The molecule has 2 heteroatoms. The number of nitrogens with one attached hydrogen (secondary N) is 1. The highest BCUT2D eigenvalue weighted by atomic mass is 15.1. The van der Waals surface area contributed by atoms with Gasteiger partial charge in [0.25, 0.3) is 0 Å². The minimum Gasteiger partial charge on any atom is -0.371 e. The van der Waals surface area contributed by atoms with Gasteiger partial charge in [-0.25, -0.2) is 0 Å². The Morgan fingerprint density at radius 3 is 2.43 bits per heavy atom. The van der Waals surface area contributed by atoms with Crippen LogP contribution in [0.3, 0.4) is 0 Å². The molecule has 1 heterocycles. The van der Waals surface area contributed by atoms with Crippen LogP contribution in [0.5, 0.6) is 0 Å². The van der Waals surface area contributed by atoms with Gasteiger partial charge in [0.2, 0.25) is 0 Å². The molecule has 2 aromatic carbocycles. The molecule has 21 heavy (non-hydrogen) atoms. The van der Waals surface area contributed by atoms with Gasteiger partial charge in [-0.15, -0.1) is 0 Å². The summed E-state index contributed by atoms with van der Waals surface area (Å²) in [5, 5.41) is 3.49. The highest BCUT2D eigenvalue weighted by Crippen LogP contribution is 2.38. The molecule has 1 aliphatic carbocycles. The average molecular weight is 278 g/mol. The SMILES string of the molecule is c1ccc2c(c1)Cc1cc(N3CCCNCCC3)ccc1-2. The maximum Gasteiger partial charge on any atom is 0.0369 e. The molecule has 2 aliphatic rings. The van der Waals surface area contributed by atoms with Crippen molar-refractivity contribution in [2.45, 2.75) is 19.3 Å². The van der Waals surface area contributed by atoms with E-state index >= 15 is 0 Å². The van der Waals surface area contributed by atoms with E-state index in [9.17, 15) is 0 Å². The van der Waals surface area contributed by atoms with E-state index in [1.807, 2.05) is 0 Å². The lowest BCUT2D eigenvalue weighted by molar-refractivity contribution is 0.567.